The standard InChI is InChI=1S/C12H15N3O3S/c1-19(16,17)15-9-11(10-5-3-2-4-6-10)18-12-13-7-8-14-12/h2-8,11,15H,9H2,1H3,(H,13,14). The maximum absolute atomic E-state index is 11.2. The number of rotatable bonds is 6. The number of sulfonamides is 1. The number of H-pyrrole nitrogens is 1. The van der Waals surface area contributed by atoms with E-state index in [0.29, 0.717) is 6.01 Å². The Morgan fingerprint density at radius 3 is 2.68 bits per heavy atom. The molecule has 0 spiro atoms. The van der Waals surface area contributed by atoms with Crippen molar-refractivity contribution in [3.05, 3.63) is 48.3 Å². The molecule has 2 rings (SSSR count). The molecule has 7 heteroatoms. The Labute approximate surface area is 111 Å². The number of hydrogen-bond donors (Lipinski definition) is 2. The number of nitrogens with one attached hydrogen (secondary N) is 2. The summed E-state index contributed by atoms with van der Waals surface area (Å²) in [5.74, 6) is 0. The summed E-state index contributed by atoms with van der Waals surface area (Å²) in [6.45, 7) is 0.142. The second-order valence-corrected chi connectivity index (χ2v) is 5.87. The third kappa shape index (κ3) is 4.38. The Bertz CT molecular complexity index is 596. The molecule has 1 heterocycles. The van der Waals surface area contributed by atoms with Crippen LogP contribution < -0.4 is 9.46 Å². The van der Waals surface area contributed by atoms with Crippen molar-refractivity contribution in [2.75, 3.05) is 12.8 Å². The summed E-state index contributed by atoms with van der Waals surface area (Å²) >= 11 is 0. The molecule has 19 heavy (non-hydrogen) atoms. The van der Waals surface area contributed by atoms with E-state index in [9.17, 15) is 8.42 Å². The van der Waals surface area contributed by atoms with E-state index in [-0.39, 0.29) is 6.54 Å². The van der Waals surface area contributed by atoms with Gasteiger partial charge in [0.05, 0.1) is 12.8 Å². The zero-order valence-corrected chi connectivity index (χ0v) is 11.2. The van der Waals surface area contributed by atoms with Crippen molar-refractivity contribution in [1.29, 1.82) is 0 Å². The van der Waals surface area contributed by atoms with Gasteiger partial charge in [0.2, 0.25) is 10.0 Å². The third-order valence-electron chi connectivity index (χ3n) is 2.43. The summed E-state index contributed by atoms with van der Waals surface area (Å²) in [5.41, 5.74) is 0.870. The van der Waals surface area contributed by atoms with Crippen LogP contribution in [0.5, 0.6) is 6.01 Å². The van der Waals surface area contributed by atoms with Crippen LogP contribution in [0.15, 0.2) is 42.7 Å². The van der Waals surface area contributed by atoms with Gasteiger partial charge in [-0.1, -0.05) is 30.3 Å². The highest BCUT2D eigenvalue weighted by atomic mass is 32.2. The highest BCUT2D eigenvalue weighted by Gasteiger charge is 2.16. The van der Waals surface area contributed by atoms with Crippen LogP contribution in [0.3, 0.4) is 0 Å². The molecule has 1 unspecified atom stereocenters. The van der Waals surface area contributed by atoms with Gasteiger partial charge < -0.3 is 9.72 Å². The number of hydrogen-bond acceptors (Lipinski definition) is 4. The molecule has 102 valence electrons. The largest absolute Gasteiger partial charge is 0.455 e. The van der Waals surface area contributed by atoms with Gasteiger partial charge in [0.15, 0.2) is 0 Å². The van der Waals surface area contributed by atoms with Crippen LogP contribution in [0.4, 0.5) is 0 Å². The van der Waals surface area contributed by atoms with E-state index in [1.165, 1.54) is 0 Å². The lowest BCUT2D eigenvalue weighted by atomic mass is 10.1. The topological polar surface area (TPSA) is 84.1 Å². The summed E-state index contributed by atoms with van der Waals surface area (Å²) in [5, 5.41) is 0. The highest BCUT2D eigenvalue weighted by molar-refractivity contribution is 7.88. The van der Waals surface area contributed by atoms with Crippen LogP contribution in [-0.4, -0.2) is 31.2 Å². The number of nitrogens with zero attached hydrogens (tertiary/aromatic N) is 1. The maximum Gasteiger partial charge on any atom is 0.294 e. The van der Waals surface area contributed by atoms with Gasteiger partial charge in [0.1, 0.15) is 6.10 Å². The molecule has 0 saturated heterocycles. The average Bonchev–Trinajstić information content (AvgIpc) is 2.87. The quantitative estimate of drug-likeness (QED) is 0.830. The van der Waals surface area contributed by atoms with Crippen molar-refractivity contribution in [3.63, 3.8) is 0 Å². The van der Waals surface area contributed by atoms with Gasteiger partial charge in [-0.2, -0.15) is 0 Å². The van der Waals surface area contributed by atoms with Gasteiger partial charge in [-0.15, -0.1) is 0 Å². The molecular weight excluding hydrogens is 266 g/mol. The van der Waals surface area contributed by atoms with Crippen molar-refractivity contribution in [3.8, 4) is 6.01 Å². The Balaban J connectivity index is 2.13. The summed E-state index contributed by atoms with van der Waals surface area (Å²) in [6.07, 6.45) is 3.88. The zero-order chi connectivity index (χ0) is 13.7. The number of benzene rings is 1. The van der Waals surface area contributed by atoms with Crippen molar-refractivity contribution in [2.24, 2.45) is 0 Å². The van der Waals surface area contributed by atoms with Crippen molar-refractivity contribution in [1.82, 2.24) is 14.7 Å². The fourth-order valence-electron chi connectivity index (χ4n) is 1.57. The van der Waals surface area contributed by atoms with Gasteiger partial charge >= 0.3 is 0 Å². The van der Waals surface area contributed by atoms with Crippen molar-refractivity contribution < 1.29 is 13.2 Å². The molecule has 0 aliphatic heterocycles. The van der Waals surface area contributed by atoms with E-state index in [1.807, 2.05) is 30.3 Å². The van der Waals surface area contributed by atoms with Crippen LogP contribution in [0.25, 0.3) is 0 Å². The minimum absolute atomic E-state index is 0.142. The lowest BCUT2D eigenvalue weighted by Gasteiger charge is -2.17. The first-order valence-corrected chi connectivity index (χ1v) is 7.59. The van der Waals surface area contributed by atoms with Crippen LogP contribution in [0.1, 0.15) is 11.7 Å². The third-order valence-corrected chi connectivity index (χ3v) is 3.12. The van der Waals surface area contributed by atoms with Crippen molar-refractivity contribution >= 4 is 10.0 Å². The fourth-order valence-corrected chi connectivity index (χ4v) is 2.03. The van der Waals surface area contributed by atoms with E-state index < -0.39 is 16.1 Å². The van der Waals surface area contributed by atoms with E-state index in [0.717, 1.165) is 11.8 Å². The molecule has 0 fully saturated rings. The SMILES string of the molecule is CS(=O)(=O)NCC(Oc1ncc[nH]1)c1ccccc1. The van der Waals surface area contributed by atoms with Crippen LogP contribution in [0, 0.1) is 0 Å². The summed E-state index contributed by atoms with van der Waals surface area (Å²) in [6, 6.07) is 9.72. The Kier molecular flexibility index (Phi) is 4.18. The van der Waals surface area contributed by atoms with E-state index in [4.69, 9.17) is 4.74 Å². The molecule has 0 saturated carbocycles. The first-order chi connectivity index (χ1) is 9.04. The predicted octanol–water partition coefficient (Wildman–Crippen LogP) is 1.08. The molecule has 6 nitrogen and oxygen atoms in total. The predicted molar refractivity (Wildman–Crippen MR) is 71.2 cm³/mol. The number of aromatic nitrogens is 2. The smallest absolute Gasteiger partial charge is 0.294 e. The molecule has 0 aliphatic carbocycles. The van der Waals surface area contributed by atoms with Gasteiger partial charge in [0, 0.05) is 12.4 Å². The fraction of sp³-hybridized carbons (Fsp3) is 0.250. The normalized spacial score (nSPS) is 13.1. The number of imidazole rings is 1. The first-order valence-electron chi connectivity index (χ1n) is 5.70. The molecule has 1 aromatic carbocycles. The first kappa shape index (κ1) is 13.6. The van der Waals surface area contributed by atoms with E-state index in [2.05, 4.69) is 14.7 Å². The lowest BCUT2D eigenvalue weighted by Crippen LogP contribution is -2.29. The number of aromatic amines is 1. The molecule has 0 aliphatic rings. The van der Waals surface area contributed by atoms with Gasteiger partial charge in [0.25, 0.3) is 6.01 Å². The summed E-state index contributed by atoms with van der Waals surface area (Å²) in [4.78, 5) is 6.79. The van der Waals surface area contributed by atoms with Gasteiger partial charge in [-0.3, -0.25) is 0 Å². The molecular formula is C12H15N3O3S. The Morgan fingerprint density at radius 2 is 2.11 bits per heavy atom. The second-order valence-electron chi connectivity index (χ2n) is 4.03. The Hall–Kier alpha value is -1.86. The minimum Gasteiger partial charge on any atom is -0.455 e. The van der Waals surface area contributed by atoms with Crippen LogP contribution in [-0.2, 0) is 10.0 Å². The van der Waals surface area contributed by atoms with E-state index >= 15 is 0 Å². The van der Waals surface area contributed by atoms with Gasteiger partial charge in [-0.25, -0.2) is 18.1 Å². The Morgan fingerprint density at radius 1 is 1.37 bits per heavy atom. The minimum atomic E-state index is -3.27. The summed E-state index contributed by atoms with van der Waals surface area (Å²) in [7, 11) is -3.27. The average molecular weight is 281 g/mol. The van der Waals surface area contributed by atoms with E-state index in [1.54, 1.807) is 12.4 Å². The molecule has 1 aromatic heterocycles. The van der Waals surface area contributed by atoms with Gasteiger partial charge in [-0.05, 0) is 5.56 Å². The zero-order valence-electron chi connectivity index (χ0n) is 10.4. The molecule has 0 radical (unpaired) electrons. The molecule has 1 atom stereocenters. The number of ether oxygens (including phenoxy) is 1. The van der Waals surface area contributed by atoms with Crippen LogP contribution >= 0.6 is 0 Å². The monoisotopic (exact) mass is 281 g/mol. The lowest BCUT2D eigenvalue weighted by molar-refractivity contribution is 0.193. The van der Waals surface area contributed by atoms with Crippen molar-refractivity contribution in [2.45, 2.75) is 6.10 Å². The summed E-state index contributed by atoms with van der Waals surface area (Å²) < 4.78 is 30.4. The highest BCUT2D eigenvalue weighted by Crippen LogP contribution is 2.18. The van der Waals surface area contributed by atoms with Crippen LogP contribution in [0.2, 0.25) is 0 Å². The molecule has 0 bridgehead atoms. The second kappa shape index (κ2) is 5.85. The maximum atomic E-state index is 11.2. The molecule has 2 N–H and O–H groups in total. The molecule has 0 amide bonds. The molecule has 2 aromatic rings.